The highest BCUT2D eigenvalue weighted by Gasteiger charge is 2.21. The van der Waals surface area contributed by atoms with Gasteiger partial charge in [-0.1, -0.05) is 6.07 Å². The Balaban J connectivity index is 2.51. The Bertz CT molecular complexity index is 551. The highest BCUT2D eigenvalue weighted by Crippen LogP contribution is 2.19. The SMILES string of the molecule is Cc1cccnc1-c1nnnn1C(C)C(=O)O. The van der Waals surface area contributed by atoms with E-state index >= 15 is 0 Å². The first-order valence-corrected chi connectivity index (χ1v) is 5.04. The molecule has 2 aromatic rings. The average Bonchev–Trinajstić information content (AvgIpc) is 2.77. The summed E-state index contributed by atoms with van der Waals surface area (Å²) < 4.78 is 1.25. The molecule has 0 bridgehead atoms. The average molecular weight is 233 g/mol. The maximum Gasteiger partial charge on any atom is 0.328 e. The fraction of sp³-hybridized carbons (Fsp3) is 0.300. The predicted molar refractivity (Wildman–Crippen MR) is 58.1 cm³/mol. The van der Waals surface area contributed by atoms with Gasteiger partial charge < -0.3 is 5.11 Å². The monoisotopic (exact) mass is 233 g/mol. The molecule has 0 radical (unpaired) electrons. The second-order valence-electron chi connectivity index (χ2n) is 3.63. The summed E-state index contributed by atoms with van der Waals surface area (Å²) in [5.74, 6) is -0.634. The molecule has 88 valence electrons. The molecule has 0 aliphatic heterocycles. The quantitative estimate of drug-likeness (QED) is 0.838. The third-order valence-corrected chi connectivity index (χ3v) is 2.44. The molecular weight excluding hydrogens is 222 g/mol. The Morgan fingerprint density at radius 1 is 1.53 bits per heavy atom. The van der Waals surface area contributed by atoms with Crippen molar-refractivity contribution in [2.24, 2.45) is 0 Å². The van der Waals surface area contributed by atoms with Crippen molar-refractivity contribution in [3.05, 3.63) is 23.9 Å². The van der Waals surface area contributed by atoms with Crippen molar-refractivity contribution >= 4 is 5.97 Å². The number of aryl methyl sites for hydroxylation is 1. The van der Waals surface area contributed by atoms with Gasteiger partial charge in [0.05, 0.1) is 0 Å². The minimum atomic E-state index is -0.993. The number of rotatable bonds is 3. The summed E-state index contributed by atoms with van der Waals surface area (Å²) in [7, 11) is 0. The fourth-order valence-corrected chi connectivity index (χ4v) is 1.43. The van der Waals surface area contributed by atoms with Gasteiger partial charge in [-0.2, -0.15) is 0 Å². The van der Waals surface area contributed by atoms with Crippen molar-refractivity contribution in [3.8, 4) is 11.5 Å². The Kier molecular flexibility index (Phi) is 2.82. The molecule has 0 fully saturated rings. The van der Waals surface area contributed by atoms with Crippen LogP contribution in [0.2, 0.25) is 0 Å². The summed E-state index contributed by atoms with van der Waals surface area (Å²) in [5, 5.41) is 20.0. The van der Waals surface area contributed by atoms with E-state index in [0.29, 0.717) is 11.5 Å². The predicted octanol–water partition coefficient (Wildman–Crippen LogP) is 0.689. The van der Waals surface area contributed by atoms with E-state index < -0.39 is 12.0 Å². The van der Waals surface area contributed by atoms with Crippen LogP contribution in [0.5, 0.6) is 0 Å². The standard InChI is InChI=1S/C10H11N5O2/c1-6-4-3-5-11-8(6)9-12-13-14-15(9)7(2)10(16)17/h3-5,7H,1-2H3,(H,16,17). The van der Waals surface area contributed by atoms with Gasteiger partial charge >= 0.3 is 5.97 Å². The molecule has 0 aromatic carbocycles. The molecule has 0 saturated carbocycles. The smallest absolute Gasteiger partial charge is 0.328 e. The molecule has 17 heavy (non-hydrogen) atoms. The molecule has 0 saturated heterocycles. The summed E-state index contributed by atoms with van der Waals surface area (Å²) in [4.78, 5) is 15.1. The lowest BCUT2D eigenvalue weighted by atomic mass is 10.2. The molecule has 0 aliphatic carbocycles. The Morgan fingerprint density at radius 3 is 2.94 bits per heavy atom. The number of pyridine rings is 1. The van der Waals surface area contributed by atoms with Gasteiger partial charge in [-0.05, 0) is 35.9 Å². The Hall–Kier alpha value is -2.31. The highest BCUT2D eigenvalue weighted by molar-refractivity contribution is 5.72. The molecule has 1 atom stereocenters. The van der Waals surface area contributed by atoms with Crippen LogP contribution in [0.25, 0.3) is 11.5 Å². The molecule has 0 aliphatic rings. The van der Waals surface area contributed by atoms with Gasteiger partial charge in [-0.3, -0.25) is 4.98 Å². The molecule has 0 spiro atoms. The first kappa shape index (κ1) is 11.2. The number of hydrogen-bond donors (Lipinski definition) is 1. The van der Waals surface area contributed by atoms with Crippen LogP contribution in [0.3, 0.4) is 0 Å². The lowest BCUT2D eigenvalue weighted by Crippen LogP contribution is -2.18. The molecule has 2 heterocycles. The zero-order valence-corrected chi connectivity index (χ0v) is 9.40. The van der Waals surface area contributed by atoms with E-state index in [1.807, 2.05) is 13.0 Å². The maximum atomic E-state index is 10.9. The largest absolute Gasteiger partial charge is 0.480 e. The minimum Gasteiger partial charge on any atom is -0.480 e. The summed E-state index contributed by atoms with van der Waals surface area (Å²) in [6.07, 6.45) is 1.62. The van der Waals surface area contributed by atoms with Gasteiger partial charge in [-0.25, -0.2) is 9.48 Å². The van der Waals surface area contributed by atoms with E-state index in [-0.39, 0.29) is 0 Å². The van der Waals surface area contributed by atoms with E-state index in [0.717, 1.165) is 5.56 Å². The van der Waals surface area contributed by atoms with Gasteiger partial charge in [-0.15, -0.1) is 5.10 Å². The Labute approximate surface area is 97.1 Å². The lowest BCUT2D eigenvalue weighted by Gasteiger charge is -2.09. The van der Waals surface area contributed by atoms with Gasteiger partial charge in [0, 0.05) is 6.20 Å². The van der Waals surface area contributed by atoms with Gasteiger partial charge in [0.2, 0.25) is 5.82 Å². The molecule has 1 unspecified atom stereocenters. The summed E-state index contributed by atoms with van der Waals surface area (Å²) >= 11 is 0. The number of carbonyl (C=O) groups is 1. The van der Waals surface area contributed by atoms with Gasteiger partial charge in [0.1, 0.15) is 5.69 Å². The number of carboxylic acid groups (broad SMARTS) is 1. The van der Waals surface area contributed by atoms with E-state index in [1.165, 1.54) is 11.6 Å². The molecule has 0 amide bonds. The third-order valence-electron chi connectivity index (χ3n) is 2.44. The lowest BCUT2D eigenvalue weighted by molar-refractivity contribution is -0.140. The maximum absolute atomic E-state index is 10.9. The van der Waals surface area contributed by atoms with Crippen molar-refractivity contribution in [2.45, 2.75) is 19.9 Å². The van der Waals surface area contributed by atoms with Crippen LogP contribution in [0.15, 0.2) is 18.3 Å². The van der Waals surface area contributed by atoms with Crippen molar-refractivity contribution < 1.29 is 9.90 Å². The normalized spacial score (nSPS) is 12.4. The molecule has 1 N–H and O–H groups in total. The topological polar surface area (TPSA) is 93.8 Å². The number of aromatic nitrogens is 5. The number of aliphatic carboxylic acids is 1. The van der Waals surface area contributed by atoms with Gasteiger partial charge in [0.25, 0.3) is 0 Å². The van der Waals surface area contributed by atoms with E-state index in [1.54, 1.807) is 12.3 Å². The van der Waals surface area contributed by atoms with Crippen molar-refractivity contribution in [3.63, 3.8) is 0 Å². The van der Waals surface area contributed by atoms with E-state index in [9.17, 15) is 4.79 Å². The summed E-state index contributed by atoms with van der Waals surface area (Å²) in [6.45, 7) is 3.38. The second-order valence-corrected chi connectivity index (χ2v) is 3.63. The molecule has 7 heteroatoms. The first-order valence-electron chi connectivity index (χ1n) is 5.04. The number of nitrogens with zero attached hydrogens (tertiary/aromatic N) is 5. The minimum absolute atomic E-state index is 0.359. The van der Waals surface area contributed by atoms with Crippen LogP contribution in [0, 0.1) is 6.92 Å². The van der Waals surface area contributed by atoms with E-state index in [2.05, 4.69) is 20.5 Å². The van der Waals surface area contributed by atoms with Crippen molar-refractivity contribution in [1.29, 1.82) is 0 Å². The van der Waals surface area contributed by atoms with Gasteiger partial charge in [0.15, 0.2) is 6.04 Å². The van der Waals surface area contributed by atoms with Crippen molar-refractivity contribution in [2.75, 3.05) is 0 Å². The van der Waals surface area contributed by atoms with Crippen molar-refractivity contribution in [1.82, 2.24) is 25.2 Å². The molecule has 7 nitrogen and oxygen atoms in total. The summed E-state index contributed by atoms with van der Waals surface area (Å²) in [6, 6.07) is 2.84. The van der Waals surface area contributed by atoms with Crippen LogP contribution < -0.4 is 0 Å². The number of tetrazole rings is 1. The summed E-state index contributed by atoms with van der Waals surface area (Å²) in [5.41, 5.74) is 1.48. The zero-order chi connectivity index (χ0) is 12.4. The molecular formula is C10H11N5O2. The van der Waals surface area contributed by atoms with E-state index in [4.69, 9.17) is 5.11 Å². The van der Waals surface area contributed by atoms with Crippen LogP contribution in [-0.2, 0) is 4.79 Å². The third kappa shape index (κ3) is 1.99. The Morgan fingerprint density at radius 2 is 2.29 bits per heavy atom. The molecule has 2 aromatic heterocycles. The first-order chi connectivity index (χ1) is 8.11. The van der Waals surface area contributed by atoms with Crippen LogP contribution in [-0.4, -0.2) is 36.3 Å². The fourth-order valence-electron chi connectivity index (χ4n) is 1.43. The molecule has 2 rings (SSSR count). The number of hydrogen-bond acceptors (Lipinski definition) is 5. The number of carboxylic acids is 1. The zero-order valence-electron chi connectivity index (χ0n) is 9.40. The highest BCUT2D eigenvalue weighted by atomic mass is 16.4. The van der Waals surface area contributed by atoms with Crippen LogP contribution >= 0.6 is 0 Å². The van der Waals surface area contributed by atoms with Crippen LogP contribution in [0.4, 0.5) is 0 Å². The van der Waals surface area contributed by atoms with Crippen LogP contribution in [0.1, 0.15) is 18.5 Å². The second kappa shape index (κ2) is 4.28.